The highest BCUT2D eigenvalue weighted by Crippen LogP contribution is 2.37. The normalized spacial score (nSPS) is 30.6. The minimum Gasteiger partial charge on any atom is -0.392 e. The van der Waals surface area contributed by atoms with Crippen molar-refractivity contribution >= 4 is 23.1 Å². The number of carbonyl (C=O) groups excluding carboxylic acids is 1. The summed E-state index contributed by atoms with van der Waals surface area (Å²) in [6, 6.07) is -0.130. The third kappa shape index (κ3) is 3.08. The molecule has 0 radical (unpaired) electrons. The van der Waals surface area contributed by atoms with Crippen LogP contribution in [0.25, 0.3) is 0 Å². The van der Waals surface area contributed by atoms with E-state index in [4.69, 9.17) is 18.0 Å². The molecule has 2 atom stereocenters. The van der Waals surface area contributed by atoms with Gasteiger partial charge >= 0.3 is 0 Å². The van der Waals surface area contributed by atoms with Gasteiger partial charge in [-0.1, -0.05) is 44.3 Å². The van der Waals surface area contributed by atoms with E-state index in [0.717, 1.165) is 57.8 Å². The molecule has 4 nitrogen and oxygen atoms in total. The SMILES string of the molecule is NC(=S)C1(C(=O)NC2CCCCC2O)CCCCC1. The van der Waals surface area contributed by atoms with Crippen molar-refractivity contribution < 1.29 is 9.90 Å². The molecule has 0 aromatic heterocycles. The summed E-state index contributed by atoms with van der Waals surface area (Å²) in [6.07, 6.45) is 7.92. The molecule has 2 fully saturated rings. The van der Waals surface area contributed by atoms with Crippen LogP contribution < -0.4 is 11.1 Å². The van der Waals surface area contributed by atoms with E-state index in [0.29, 0.717) is 4.99 Å². The molecule has 0 aliphatic heterocycles. The van der Waals surface area contributed by atoms with Crippen LogP contribution in [0.3, 0.4) is 0 Å². The second kappa shape index (κ2) is 6.18. The molecule has 0 bridgehead atoms. The van der Waals surface area contributed by atoms with Gasteiger partial charge in [-0.15, -0.1) is 0 Å². The van der Waals surface area contributed by atoms with Crippen molar-refractivity contribution in [2.75, 3.05) is 0 Å². The van der Waals surface area contributed by atoms with Crippen molar-refractivity contribution in [2.45, 2.75) is 69.9 Å². The Hall–Kier alpha value is -0.680. The fraction of sp³-hybridized carbons (Fsp3) is 0.857. The van der Waals surface area contributed by atoms with Crippen LogP contribution in [0, 0.1) is 5.41 Å². The third-order valence-electron chi connectivity index (χ3n) is 4.66. The van der Waals surface area contributed by atoms with E-state index < -0.39 is 11.5 Å². The Morgan fingerprint density at radius 2 is 1.79 bits per heavy atom. The van der Waals surface area contributed by atoms with Crippen molar-refractivity contribution in [1.82, 2.24) is 5.32 Å². The summed E-state index contributed by atoms with van der Waals surface area (Å²) in [5.74, 6) is -0.0642. The molecule has 0 aromatic rings. The number of nitrogens with one attached hydrogen (secondary N) is 1. The fourth-order valence-corrected chi connectivity index (χ4v) is 3.62. The Kier molecular flexibility index (Phi) is 4.79. The molecule has 4 N–H and O–H groups in total. The van der Waals surface area contributed by atoms with Gasteiger partial charge in [-0.25, -0.2) is 0 Å². The zero-order chi connectivity index (χ0) is 13.9. The Labute approximate surface area is 120 Å². The van der Waals surface area contributed by atoms with Crippen molar-refractivity contribution in [2.24, 2.45) is 11.1 Å². The predicted octanol–water partition coefficient (Wildman–Crippen LogP) is 1.64. The van der Waals surface area contributed by atoms with E-state index in [9.17, 15) is 9.90 Å². The van der Waals surface area contributed by atoms with Gasteiger partial charge in [-0.05, 0) is 25.7 Å². The van der Waals surface area contributed by atoms with Gasteiger partial charge in [0.1, 0.15) is 0 Å². The number of hydrogen-bond donors (Lipinski definition) is 3. The highest BCUT2D eigenvalue weighted by Gasteiger charge is 2.43. The first-order valence-corrected chi connectivity index (χ1v) is 7.76. The molecule has 108 valence electrons. The highest BCUT2D eigenvalue weighted by atomic mass is 32.1. The van der Waals surface area contributed by atoms with Crippen LogP contribution in [0.1, 0.15) is 57.8 Å². The van der Waals surface area contributed by atoms with Crippen LogP contribution in [-0.2, 0) is 4.79 Å². The van der Waals surface area contributed by atoms with Gasteiger partial charge < -0.3 is 16.2 Å². The van der Waals surface area contributed by atoms with E-state index in [1.54, 1.807) is 0 Å². The quantitative estimate of drug-likeness (QED) is 0.689. The highest BCUT2D eigenvalue weighted by molar-refractivity contribution is 7.80. The lowest BCUT2D eigenvalue weighted by Crippen LogP contribution is -2.55. The Bertz CT molecular complexity index is 353. The molecule has 0 aromatic carbocycles. The standard InChI is InChI=1S/C14H24N2O2S/c15-12(19)14(8-4-1-5-9-14)13(18)16-10-6-2-3-7-11(10)17/h10-11,17H,1-9H2,(H2,15,19)(H,16,18). The van der Waals surface area contributed by atoms with Crippen LogP contribution >= 0.6 is 12.2 Å². The lowest BCUT2D eigenvalue weighted by molar-refractivity contribution is -0.130. The Morgan fingerprint density at radius 1 is 1.16 bits per heavy atom. The average Bonchev–Trinajstić information content (AvgIpc) is 2.42. The van der Waals surface area contributed by atoms with Gasteiger partial charge in [-0.3, -0.25) is 4.79 Å². The summed E-state index contributed by atoms with van der Waals surface area (Å²) in [4.78, 5) is 12.9. The third-order valence-corrected chi connectivity index (χ3v) is 5.05. The van der Waals surface area contributed by atoms with Crippen LogP contribution in [0.5, 0.6) is 0 Å². The van der Waals surface area contributed by atoms with E-state index in [1.165, 1.54) is 0 Å². The molecule has 5 heteroatoms. The summed E-state index contributed by atoms with van der Waals surface area (Å²) in [5.41, 5.74) is 5.18. The van der Waals surface area contributed by atoms with E-state index in [2.05, 4.69) is 5.32 Å². The molecule has 0 heterocycles. The number of rotatable bonds is 3. The first-order chi connectivity index (χ1) is 9.06. The summed E-state index contributed by atoms with van der Waals surface area (Å²) in [5, 5.41) is 13.0. The molecule has 2 aliphatic rings. The minimum absolute atomic E-state index is 0.0642. The number of carbonyl (C=O) groups is 1. The van der Waals surface area contributed by atoms with E-state index in [1.807, 2.05) is 0 Å². The molecule has 0 saturated heterocycles. The lowest BCUT2D eigenvalue weighted by atomic mass is 9.73. The molecule has 2 unspecified atom stereocenters. The summed E-state index contributed by atoms with van der Waals surface area (Å²) >= 11 is 5.16. The average molecular weight is 284 g/mol. The molecule has 19 heavy (non-hydrogen) atoms. The summed E-state index contributed by atoms with van der Waals surface area (Å²) in [6.45, 7) is 0. The predicted molar refractivity (Wildman–Crippen MR) is 78.7 cm³/mol. The number of thiocarbonyl (C=S) groups is 1. The topological polar surface area (TPSA) is 75.4 Å². The van der Waals surface area contributed by atoms with Crippen LogP contribution in [0.4, 0.5) is 0 Å². The number of amides is 1. The molecular formula is C14H24N2O2S. The van der Waals surface area contributed by atoms with Gasteiger partial charge in [-0.2, -0.15) is 0 Å². The second-order valence-electron chi connectivity index (χ2n) is 5.94. The van der Waals surface area contributed by atoms with Crippen LogP contribution in [-0.4, -0.2) is 28.1 Å². The van der Waals surface area contributed by atoms with Crippen molar-refractivity contribution in [3.05, 3.63) is 0 Å². The number of aliphatic hydroxyl groups is 1. The number of nitrogens with two attached hydrogens (primary N) is 1. The van der Waals surface area contributed by atoms with Crippen molar-refractivity contribution in [3.63, 3.8) is 0 Å². The smallest absolute Gasteiger partial charge is 0.233 e. The largest absolute Gasteiger partial charge is 0.392 e. The molecule has 0 spiro atoms. The van der Waals surface area contributed by atoms with Crippen LogP contribution in [0.15, 0.2) is 0 Å². The van der Waals surface area contributed by atoms with Gasteiger partial charge in [0.05, 0.1) is 22.5 Å². The molecule has 1 amide bonds. The molecular weight excluding hydrogens is 260 g/mol. The van der Waals surface area contributed by atoms with Gasteiger partial charge in [0.15, 0.2) is 0 Å². The second-order valence-corrected chi connectivity index (χ2v) is 6.38. The molecule has 2 rings (SSSR count). The monoisotopic (exact) mass is 284 g/mol. The van der Waals surface area contributed by atoms with E-state index in [-0.39, 0.29) is 11.9 Å². The Morgan fingerprint density at radius 3 is 2.37 bits per heavy atom. The minimum atomic E-state index is -0.676. The summed E-state index contributed by atoms with van der Waals surface area (Å²) in [7, 11) is 0. The van der Waals surface area contributed by atoms with Crippen molar-refractivity contribution in [3.8, 4) is 0 Å². The number of hydrogen-bond acceptors (Lipinski definition) is 3. The maximum absolute atomic E-state index is 12.6. The lowest BCUT2D eigenvalue weighted by Gasteiger charge is -2.37. The zero-order valence-electron chi connectivity index (χ0n) is 11.4. The first kappa shape index (κ1) is 14.7. The number of aliphatic hydroxyl groups excluding tert-OH is 1. The Balaban J connectivity index is 2.05. The summed E-state index contributed by atoms with van der Waals surface area (Å²) < 4.78 is 0. The maximum Gasteiger partial charge on any atom is 0.233 e. The zero-order valence-corrected chi connectivity index (χ0v) is 12.2. The molecule has 2 saturated carbocycles. The maximum atomic E-state index is 12.6. The van der Waals surface area contributed by atoms with Gasteiger partial charge in [0.25, 0.3) is 0 Å². The van der Waals surface area contributed by atoms with Gasteiger partial charge in [0, 0.05) is 0 Å². The molecule has 2 aliphatic carbocycles. The fourth-order valence-electron chi connectivity index (χ4n) is 3.33. The van der Waals surface area contributed by atoms with Gasteiger partial charge in [0.2, 0.25) is 5.91 Å². The van der Waals surface area contributed by atoms with Crippen LogP contribution in [0.2, 0.25) is 0 Å². The first-order valence-electron chi connectivity index (χ1n) is 7.35. The van der Waals surface area contributed by atoms with Crippen molar-refractivity contribution in [1.29, 1.82) is 0 Å². The van der Waals surface area contributed by atoms with E-state index >= 15 is 0 Å².